The van der Waals surface area contributed by atoms with Crippen molar-refractivity contribution in [1.82, 2.24) is 5.32 Å². The number of benzene rings is 1. The van der Waals surface area contributed by atoms with Gasteiger partial charge in [-0.2, -0.15) is 0 Å². The summed E-state index contributed by atoms with van der Waals surface area (Å²) in [6.45, 7) is 4.90. The maximum Gasteiger partial charge on any atom is 0.0719 e. The van der Waals surface area contributed by atoms with Crippen LogP contribution in [0.25, 0.3) is 0 Å². The lowest BCUT2D eigenvalue weighted by atomic mass is 10.1. The van der Waals surface area contributed by atoms with Crippen molar-refractivity contribution in [3.05, 3.63) is 35.4 Å². The quantitative estimate of drug-likeness (QED) is 0.640. The Morgan fingerprint density at radius 3 is 2.56 bits per heavy atom. The molecule has 0 spiro atoms. The summed E-state index contributed by atoms with van der Waals surface area (Å²) >= 11 is 0. The molecule has 1 aromatic rings. The van der Waals surface area contributed by atoms with Crippen LogP contribution in [0.3, 0.4) is 0 Å². The highest BCUT2D eigenvalue weighted by molar-refractivity contribution is 5.26. The van der Waals surface area contributed by atoms with Crippen molar-refractivity contribution in [2.24, 2.45) is 0 Å². The maximum atomic E-state index is 5.77. The van der Waals surface area contributed by atoms with Gasteiger partial charge in [0.1, 0.15) is 0 Å². The van der Waals surface area contributed by atoms with Crippen molar-refractivity contribution in [2.75, 3.05) is 20.2 Å². The molecule has 0 atom stereocenters. The van der Waals surface area contributed by atoms with Crippen LogP contribution >= 0.6 is 0 Å². The Morgan fingerprint density at radius 1 is 1.06 bits per heavy atom. The zero-order valence-electron chi connectivity index (χ0n) is 11.9. The zero-order chi connectivity index (χ0) is 13.1. The van der Waals surface area contributed by atoms with Crippen molar-refractivity contribution >= 4 is 0 Å². The molecule has 0 amide bonds. The topological polar surface area (TPSA) is 21.3 Å². The first-order chi connectivity index (χ1) is 8.88. The third kappa shape index (κ3) is 6.18. The Morgan fingerprint density at radius 2 is 1.83 bits per heavy atom. The van der Waals surface area contributed by atoms with Gasteiger partial charge in [0, 0.05) is 6.61 Å². The first-order valence-electron chi connectivity index (χ1n) is 7.17. The van der Waals surface area contributed by atoms with Crippen LogP contribution in [0.2, 0.25) is 0 Å². The van der Waals surface area contributed by atoms with Gasteiger partial charge in [0.05, 0.1) is 6.61 Å². The summed E-state index contributed by atoms with van der Waals surface area (Å²) < 4.78 is 5.77. The van der Waals surface area contributed by atoms with E-state index in [9.17, 15) is 0 Å². The second-order valence-corrected chi connectivity index (χ2v) is 4.74. The van der Waals surface area contributed by atoms with Gasteiger partial charge in [0.15, 0.2) is 0 Å². The summed E-state index contributed by atoms with van der Waals surface area (Å²) in [6.07, 6.45) is 6.16. The SMILES string of the molecule is CCCCCCOCc1ccccc1CCNC. The van der Waals surface area contributed by atoms with E-state index in [4.69, 9.17) is 4.74 Å². The van der Waals surface area contributed by atoms with Gasteiger partial charge in [-0.25, -0.2) is 0 Å². The number of hydrogen-bond donors (Lipinski definition) is 1. The molecule has 0 aliphatic carbocycles. The van der Waals surface area contributed by atoms with Crippen LogP contribution in [0, 0.1) is 0 Å². The van der Waals surface area contributed by atoms with E-state index in [1.54, 1.807) is 0 Å². The van der Waals surface area contributed by atoms with E-state index in [-0.39, 0.29) is 0 Å². The number of unbranched alkanes of at least 4 members (excludes halogenated alkanes) is 3. The lowest BCUT2D eigenvalue weighted by Crippen LogP contribution is -2.11. The van der Waals surface area contributed by atoms with Gasteiger partial charge < -0.3 is 10.1 Å². The van der Waals surface area contributed by atoms with Crippen molar-refractivity contribution in [2.45, 2.75) is 45.6 Å². The van der Waals surface area contributed by atoms with Crippen molar-refractivity contribution in [1.29, 1.82) is 0 Å². The van der Waals surface area contributed by atoms with Gasteiger partial charge in [0.2, 0.25) is 0 Å². The highest BCUT2D eigenvalue weighted by Gasteiger charge is 2.01. The monoisotopic (exact) mass is 249 g/mol. The molecule has 1 aromatic carbocycles. The van der Waals surface area contributed by atoms with Crippen LogP contribution < -0.4 is 5.32 Å². The summed E-state index contributed by atoms with van der Waals surface area (Å²) in [4.78, 5) is 0. The smallest absolute Gasteiger partial charge is 0.0719 e. The fraction of sp³-hybridized carbons (Fsp3) is 0.625. The van der Waals surface area contributed by atoms with E-state index < -0.39 is 0 Å². The molecule has 0 bridgehead atoms. The van der Waals surface area contributed by atoms with Gasteiger partial charge in [0.25, 0.3) is 0 Å². The third-order valence-corrected chi connectivity index (χ3v) is 3.16. The molecular weight excluding hydrogens is 222 g/mol. The zero-order valence-corrected chi connectivity index (χ0v) is 11.9. The van der Waals surface area contributed by atoms with Gasteiger partial charge in [-0.15, -0.1) is 0 Å². The van der Waals surface area contributed by atoms with Crippen LogP contribution in [-0.2, 0) is 17.8 Å². The van der Waals surface area contributed by atoms with Gasteiger partial charge in [-0.1, -0.05) is 50.5 Å². The normalized spacial score (nSPS) is 10.8. The fourth-order valence-corrected chi connectivity index (χ4v) is 2.01. The maximum absolute atomic E-state index is 5.77. The summed E-state index contributed by atoms with van der Waals surface area (Å²) in [5, 5.41) is 3.19. The Kier molecular flexibility index (Phi) is 8.53. The summed E-state index contributed by atoms with van der Waals surface area (Å²) in [6, 6.07) is 8.58. The van der Waals surface area contributed by atoms with Crippen LogP contribution in [0.1, 0.15) is 43.7 Å². The highest BCUT2D eigenvalue weighted by Crippen LogP contribution is 2.11. The molecule has 0 fully saturated rings. The molecule has 0 radical (unpaired) electrons. The van der Waals surface area contributed by atoms with Gasteiger partial charge in [-0.3, -0.25) is 0 Å². The van der Waals surface area contributed by atoms with E-state index >= 15 is 0 Å². The van der Waals surface area contributed by atoms with Crippen molar-refractivity contribution < 1.29 is 4.74 Å². The molecule has 2 heteroatoms. The Balaban J connectivity index is 2.27. The molecule has 1 N–H and O–H groups in total. The van der Waals surface area contributed by atoms with Crippen LogP contribution in [-0.4, -0.2) is 20.2 Å². The minimum Gasteiger partial charge on any atom is -0.377 e. The van der Waals surface area contributed by atoms with E-state index in [0.29, 0.717) is 0 Å². The Labute approximate surface area is 112 Å². The van der Waals surface area contributed by atoms with E-state index in [1.165, 1.54) is 36.8 Å². The average molecular weight is 249 g/mol. The number of rotatable bonds is 10. The lowest BCUT2D eigenvalue weighted by molar-refractivity contribution is 0.116. The molecule has 0 aliphatic rings. The van der Waals surface area contributed by atoms with E-state index in [0.717, 1.165) is 26.2 Å². The summed E-state index contributed by atoms with van der Waals surface area (Å²) in [5.41, 5.74) is 2.74. The van der Waals surface area contributed by atoms with Crippen LogP contribution in [0.5, 0.6) is 0 Å². The summed E-state index contributed by atoms with van der Waals surface area (Å²) in [5.74, 6) is 0. The van der Waals surface area contributed by atoms with Crippen LogP contribution in [0.4, 0.5) is 0 Å². The second kappa shape index (κ2) is 10.1. The molecule has 0 saturated heterocycles. The number of nitrogens with one attached hydrogen (secondary N) is 1. The Bertz CT molecular complexity index is 312. The van der Waals surface area contributed by atoms with E-state index in [2.05, 4.69) is 36.5 Å². The largest absolute Gasteiger partial charge is 0.377 e. The molecule has 0 aliphatic heterocycles. The van der Waals surface area contributed by atoms with E-state index in [1.807, 2.05) is 7.05 Å². The minimum absolute atomic E-state index is 0.756. The lowest BCUT2D eigenvalue weighted by Gasteiger charge is -2.10. The van der Waals surface area contributed by atoms with Crippen LogP contribution in [0.15, 0.2) is 24.3 Å². The first kappa shape index (κ1) is 15.2. The molecule has 0 unspecified atom stereocenters. The molecule has 102 valence electrons. The highest BCUT2D eigenvalue weighted by atomic mass is 16.5. The standard InChI is InChI=1S/C16H27NO/c1-3-4-5-8-13-18-14-16-10-7-6-9-15(16)11-12-17-2/h6-7,9-10,17H,3-5,8,11-14H2,1-2H3. The second-order valence-electron chi connectivity index (χ2n) is 4.74. The fourth-order valence-electron chi connectivity index (χ4n) is 2.01. The molecule has 0 saturated carbocycles. The molecule has 18 heavy (non-hydrogen) atoms. The molecule has 2 nitrogen and oxygen atoms in total. The van der Waals surface area contributed by atoms with Crippen molar-refractivity contribution in [3.8, 4) is 0 Å². The first-order valence-corrected chi connectivity index (χ1v) is 7.17. The minimum atomic E-state index is 0.756. The predicted octanol–water partition coefficient (Wildman–Crippen LogP) is 3.55. The molecular formula is C16H27NO. The van der Waals surface area contributed by atoms with Crippen molar-refractivity contribution in [3.63, 3.8) is 0 Å². The number of hydrogen-bond acceptors (Lipinski definition) is 2. The average Bonchev–Trinajstić information content (AvgIpc) is 2.41. The number of ether oxygens (including phenoxy) is 1. The van der Waals surface area contributed by atoms with Gasteiger partial charge >= 0.3 is 0 Å². The Hall–Kier alpha value is -0.860. The third-order valence-electron chi connectivity index (χ3n) is 3.16. The predicted molar refractivity (Wildman–Crippen MR) is 77.9 cm³/mol. The summed E-state index contributed by atoms with van der Waals surface area (Å²) in [7, 11) is 1.99. The molecule has 0 heterocycles. The number of likely N-dealkylation sites (N-methyl/N-ethyl adjacent to an activating group) is 1. The molecule has 0 aromatic heterocycles. The molecule has 1 rings (SSSR count). The van der Waals surface area contributed by atoms with Gasteiger partial charge in [-0.05, 0) is 37.6 Å².